The number of carbonyl (C=O) groups is 2. The Kier molecular flexibility index (Phi) is 3.89. The van der Waals surface area contributed by atoms with Gasteiger partial charge in [-0.1, -0.05) is 12.8 Å². The number of hydrogen-bond acceptors (Lipinski definition) is 3. The van der Waals surface area contributed by atoms with Crippen molar-refractivity contribution < 1.29 is 27.9 Å². The molecular formula is C13H13F3N2O3. The van der Waals surface area contributed by atoms with Gasteiger partial charge in [0.15, 0.2) is 0 Å². The van der Waals surface area contributed by atoms with Crippen LogP contribution in [0.1, 0.15) is 41.7 Å². The maximum Gasteiger partial charge on any atom is 0.433 e. The van der Waals surface area contributed by atoms with E-state index in [1.807, 2.05) is 0 Å². The maximum absolute atomic E-state index is 12.4. The Balaban J connectivity index is 2.15. The first kappa shape index (κ1) is 15.3. The minimum Gasteiger partial charge on any atom is -0.480 e. The van der Waals surface area contributed by atoms with Crippen LogP contribution in [0.2, 0.25) is 0 Å². The van der Waals surface area contributed by atoms with Gasteiger partial charge in [-0.2, -0.15) is 13.2 Å². The van der Waals surface area contributed by atoms with E-state index >= 15 is 0 Å². The molecule has 0 aromatic carbocycles. The Morgan fingerprint density at radius 1 is 1.24 bits per heavy atom. The van der Waals surface area contributed by atoms with E-state index in [9.17, 15) is 27.9 Å². The summed E-state index contributed by atoms with van der Waals surface area (Å²) < 4.78 is 37.1. The summed E-state index contributed by atoms with van der Waals surface area (Å²) in [7, 11) is 0. The fraction of sp³-hybridized carbons (Fsp3) is 0.462. The first-order valence-electron chi connectivity index (χ1n) is 6.34. The van der Waals surface area contributed by atoms with Crippen molar-refractivity contribution in [3.63, 3.8) is 0 Å². The van der Waals surface area contributed by atoms with Crippen LogP contribution in [-0.2, 0) is 11.0 Å². The summed E-state index contributed by atoms with van der Waals surface area (Å²) in [5.74, 6) is -1.87. The first-order chi connectivity index (χ1) is 9.74. The van der Waals surface area contributed by atoms with E-state index in [1.165, 1.54) is 0 Å². The molecule has 0 radical (unpaired) electrons. The molecule has 1 aromatic heterocycles. The minimum atomic E-state index is -4.58. The lowest BCUT2D eigenvalue weighted by molar-refractivity contribution is -0.144. The van der Waals surface area contributed by atoms with Crippen LogP contribution in [0, 0.1) is 0 Å². The fourth-order valence-electron chi connectivity index (χ4n) is 2.36. The predicted octanol–water partition coefficient (Wildman–Crippen LogP) is 2.23. The first-order valence-corrected chi connectivity index (χ1v) is 6.34. The van der Waals surface area contributed by atoms with Crippen molar-refractivity contribution in [2.75, 3.05) is 0 Å². The van der Waals surface area contributed by atoms with Gasteiger partial charge < -0.3 is 10.4 Å². The molecule has 0 bridgehead atoms. The van der Waals surface area contributed by atoms with Gasteiger partial charge >= 0.3 is 12.1 Å². The topological polar surface area (TPSA) is 79.3 Å². The third-order valence-corrected chi connectivity index (χ3v) is 3.54. The molecule has 1 heterocycles. The molecule has 21 heavy (non-hydrogen) atoms. The number of pyridine rings is 1. The SMILES string of the molecule is O=C(NC1(C(=O)O)CCCC1)c1ccc(C(F)(F)F)nc1. The molecule has 0 atom stereocenters. The number of carboxylic acids is 1. The summed E-state index contributed by atoms with van der Waals surface area (Å²) >= 11 is 0. The smallest absolute Gasteiger partial charge is 0.433 e. The zero-order chi connectivity index (χ0) is 15.7. The zero-order valence-corrected chi connectivity index (χ0v) is 10.9. The number of carbonyl (C=O) groups excluding carboxylic acids is 1. The highest BCUT2D eigenvalue weighted by Gasteiger charge is 2.42. The second-order valence-electron chi connectivity index (χ2n) is 4.98. The summed E-state index contributed by atoms with van der Waals surface area (Å²) in [4.78, 5) is 26.5. The van der Waals surface area contributed by atoms with Gasteiger partial charge in [0.2, 0.25) is 0 Å². The van der Waals surface area contributed by atoms with E-state index in [4.69, 9.17) is 0 Å². The molecule has 0 unspecified atom stereocenters. The van der Waals surface area contributed by atoms with Crippen molar-refractivity contribution in [2.45, 2.75) is 37.4 Å². The summed E-state index contributed by atoms with van der Waals surface area (Å²) in [6.45, 7) is 0. The Bertz CT molecular complexity index is 549. The molecular weight excluding hydrogens is 289 g/mol. The highest BCUT2D eigenvalue weighted by molar-refractivity contribution is 5.97. The van der Waals surface area contributed by atoms with Crippen LogP contribution in [0.25, 0.3) is 0 Å². The van der Waals surface area contributed by atoms with Crippen molar-refractivity contribution in [2.24, 2.45) is 0 Å². The van der Waals surface area contributed by atoms with Crippen molar-refractivity contribution in [3.8, 4) is 0 Å². The number of nitrogens with zero attached hydrogens (tertiary/aromatic N) is 1. The summed E-state index contributed by atoms with van der Waals surface area (Å²) in [6.07, 6.45) is -1.81. The lowest BCUT2D eigenvalue weighted by Crippen LogP contribution is -2.52. The molecule has 1 aliphatic carbocycles. The fourth-order valence-corrected chi connectivity index (χ4v) is 2.36. The number of halogens is 3. The molecule has 0 aliphatic heterocycles. The number of nitrogens with one attached hydrogen (secondary N) is 1. The van der Waals surface area contributed by atoms with E-state index in [1.54, 1.807) is 0 Å². The van der Waals surface area contributed by atoms with Crippen LogP contribution < -0.4 is 5.32 Å². The number of aliphatic carboxylic acids is 1. The number of hydrogen-bond donors (Lipinski definition) is 2. The van der Waals surface area contributed by atoms with Crippen molar-refractivity contribution in [3.05, 3.63) is 29.6 Å². The van der Waals surface area contributed by atoms with E-state index in [2.05, 4.69) is 10.3 Å². The number of rotatable bonds is 3. The van der Waals surface area contributed by atoms with Gasteiger partial charge in [-0.05, 0) is 25.0 Å². The molecule has 5 nitrogen and oxygen atoms in total. The Labute approximate surface area is 118 Å². The molecule has 0 saturated heterocycles. The number of carboxylic acid groups (broad SMARTS) is 1. The van der Waals surface area contributed by atoms with Crippen LogP contribution in [-0.4, -0.2) is 27.5 Å². The van der Waals surface area contributed by atoms with Crippen LogP contribution in [0.15, 0.2) is 18.3 Å². The molecule has 114 valence electrons. The Morgan fingerprint density at radius 3 is 2.29 bits per heavy atom. The van der Waals surface area contributed by atoms with Gasteiger partial charge in [0.05, 0.1) is 5.56 Å². The van der Waals surface area contributed by atoms with Gasteiger partial charge in [-0.25, -0.2) is 4.79 Å². The quantitative estimate of drug-likeness (QED) is 0.897. The highest BCUT2D eigenvalue weighted by atomic mass is 19.4. The molecule has 1 aliphatic rings. The third kappa shape index (κ3) is 3.14. The van der Waals surface area contributed by atoms with E-state index in [0.29, 0.717) is 31.7 Å². The summed E-state index contributed by atoms with van der Waals surface area (Å²) in [5.41, 5.74) is -2.54. The van der Waals surface area contributed by atoms with E-state index < -0.39 is 29.3 Å². The molecule has 2 N–H and O–H groups in total. The van der Waals surface area contributed by atoms with Gasteiger partial charge in [0.1, 0.15) is 11.2 Å². The lowest BCUT2D eigenvalue weighted by Gasteiger charge is -2.25. The van der Waals surface area contributed by atoms with E-state index in [0.717, 1.165) is 12.3 Å². The second-order valence-corrected chi connectivity index (χ2v) is 4.98. The largest absolute Gasteiger partial charge is 0.480 e. The molecule has 1 aromatic rings. The van der Waals surface area contributed by atoms with Crippen LogP contribution in [0.3, 0.4) is 0 Å². The molecule has 8 heteroatoms. The third-order valence-electron chi connectivity index (χ3n) is 3.54. The average molecular weight is 302 g/mol. The van der Waals surface area contributed by atoms with Gasteiger partial charge in [0, 0.05) is 6.20 Å². The maximum atomic E-state index is 12.4. The van der Waals surface area contributed by atoms with Crippen molar-refractivity contribution >= 4 is 11.9 Å². The molecule has 2 rings (SSSR count). The normalized spacial score (nSPS) is 17.5. The Morgan fingerprint density at radius 2 is 1.86 bits per heavy atom. The van der Waals surface area contributed by atoms with Crippen LogP contribution in [0.5, 0.6) is 0 Å². The predicted molar refractivity (Wildman–Crippen MR) is 65.5 cm³/mol. The van der Waals surface area contributed by atoms with Gasteiger partial charge in [0.25, 0.3) is 5.91 Å². The standard InChI is InChI=1S/C13H13F3N2O3/c14-13(15,16)9-4-3-8(7-17-9)10(19)18-12(11(20)21)5-1-2-6-12/h3-4,7H,1-2,5-6H2,(H,18,19)(H,20,21). The zero-order valence-electron chi connectivity index (χ0n) is 10.9. The highest BCUT2D eigenvalue weighted by Crippen LogP contribution is 2.30. The van der Waals surface area contributed by atoms with E-state index in [-0.39, 0.29) is 5.56 Å². The van der Waals surface area contributed by atoms with Crippen LogP contribution >= 0.6 is 0 Å². The molecule has 1 fully saturated rings. The lowest BCUT2D eigenvalue weighted by atomic mass is 9.97. The van der Waals surface area contributed by atoms with Gasteiger partial charge in [-0.3, -0.25) is 9.78 Å². The van der Waals surface area contributed by atoms with Crippen LogP contribution in [0.4, 0.5) is 13.2 Å². The second kappa shape index (κ2) is 5.34. The minimum absolute atomic E-state index is 0.101. The number of alkyl halides is 3. The summed E-state index contributed by atoms with van der Waals surface area (Å²) in [6, 6.07) is 1.67. The molecule has 0 spiro atoms. The monoisotopic (exact) mass is 302 g/mol. The van der Waals surface area contributed by atoms with Gasteiger partial charge in [-0.15, -0.1) is 0 Å². The number of amides is 1. The molecule has 1 amide bonds. The Hall–Kier alpha value is -2.12. The molecule has 1 saturated carbocycles. The average Bonchev–Trinajstić information content (AvgIpc) is 2.88. The van der Waals surface area contributed by atoms with Crippen molar-refractivity contribution in [1.29, 1.82) is 0 Å². The summed E-state index contributed by atoms with van der Waals surface area (Å²) in [5, 5.41) is 11.6. The van der Waals surface area contributed by atoms with Crippen molar-refractivity contribution in [1.82, 2.24) is 10.3 Å². The number of aromatic nitrogens is 1.